The lowest BCUT2D eigenvalue weighted by Gasteiger charge is -2.21. The normalized spacial score (nSPS) is 13.5. The highest BCUT2D eigenvalue weighted by atomic mass is 16.5. The van der Waals surface area contributed by atoms with E-state index < -0.39 is 17.5 Å². The first-order valence-corrected chi connectivity index (χ1v) is 11.8. The number of aliphatic carboxylic acids is 1. The summed E-state index contributed by atoms with van der Waals surface area (Å²) in [6.45, 7) is 5.72. The molecule has 0 saturated carbocycles. The number of amides is 2. The van der Waals surface area contributed by atoms with Gasteiger partial charge in [-0.2, -0.15) is 0 Å². The van der Waals surface area contributed by atoms with Crippen LogP contribution in [-0.4, -0.2) is 42.3 Å². The van der Waals surface area contributed by atoms with E-state index in [-0.39, 0.29) is 37.4 Å². The molecule has 0 heterocycles. The highest BCUT2D eigenvalue weighted by Gasteiger charge is 2.29. The topological polar surface area (TPSA) is 105 Å². The minimum atomic E-state index is -0.907. The van der Waals surface area contributed by atoms with Crippen molar-refractivity contribution >= 4 is 18.0 Å². The van der Waals surface area contributed by atoms with E-state index in [4.69, 9.17) is 4.74 Å². The van der Waals surface area contributed by atoms with E-state index in [1.807, 2.05) is 31.2 Å². The number of hydrogen-bond donors (Lipinski definition) is 3. The molecule has 0 fully saturated rings. The summed E-state index contributed by atoms with van der Waals surface area (Å²) in [6.07, 6.45) is 1.34. The van der Waals surface area contributed by atoms with Crippen molar-refractivity contribution in [3.05, 3.63) is 59.7 Å². The Labute approximate surface area is 200 Å². The number of rotatable bonds is 11. The molecule has 34 heavy (non-hydrogen) atoms. The van der Waals surface area contributed by atoms with Crippen LogP contribution in [-0.2, 0) is 14.3 Å². The number of fused-ring (bicyclic) bond motifs is 3. The van der Waals surface area contributed by atoms with Crippen molar-refractivity contribution in [3.63, 3.8) is 0 Å². The van der Waals surface area contributed by atoms with Crippen LogP contribution in [0.1, 0.15) is 63.5 Å². The Morgan fingerprint density at radius 1 is 1.03 bits per heavy atom. The average Bonchev–Trinajstić information content (AvgIpc) is 3.11. The quantitative estimate of drug-likeness (QED) is 0.445. The molecule has 2 aromatic carbocycles. The van der Waals surface area contributed by atoms with E-state index in [9.17, 15) is 19.5 Å². The smallest absolute Gasteiger partial charge is 0.407 e. The Morgan fingerprint density at radius 2 is 1.62 bits per heavy atom. The zero-order valence-corrected chi connectivity index (χ0v) is 20.1. The summed E-state index contributed by atoms with van der Waals surface area (Å²) in [5.74, 6) is -1.15. The van der Waals surface area contributed by atoms with Gasteiger partial charge in [0.1, 0.15) is 6.61 Å². The van der Waals surface area contributed by atoms with Crippen LogP contribution in [0.15, 0.2) is 48.5 Å². The highest BCUT2D eigenvalue weighted by molar-refractivity contribution is 5.80. The molecule has 0 radical (unpaired) electrons. The van der Waals surface area contributed by atoms with E-state index in [1.165, 1.54) is 11.1 Å². The van der Waals surface area contributed by atoms with Gasteiger partial charge in [0.25, 0.3) is 0 Å². The van der Waals surface area contributed by atoms with Crippen molar-refractivity contribution in [1.29, 1.82) is 0 Å². The highest BCUT2D eigenvalue weighted by Crippen LogP contribution is 2.44. The summed E-state index contributed by atoms with van der Waals surface area (Å²) < 4.78 is 5.60. The number of ether oxygens (including phenoxy) is 1. The van der Waals surface area contributed by atoms with Gasteiger partial charge in [0.2, 0.25) is 5.91 Å². The fourth-order valence-electron chi connectivity index (χ4n) is 4.30. The Hall–Kier alpha value is -3.35. The number of carbonyl (C=O) groups excluding carboxylic acids is 2. The minimum Gasteiger partial charge on any atom is -0.481 e. The Balaban J connectivity index is 1.52. The summed E-state index contributed by atoms with van der Waals surface area (Å²) in [7, 11) is 0. The number of hydrogen-bond acceptors (Lipinski definition) is 4. The van der Waals surface area contributed by atoms with Crippen LogP contribution in [0.3, 0.4) is 0 Å². The van der Waals surface area contributed by atoms with Gasteiger partial charge in [0.05, 0.1) is 5.41 Å². The molecule has 1 atom stereocenters. The molecule has 2 amide bonds. The van der Waals surface area contributed by atoms with Gasteiger partial charge in [-0.1, -0.05) is 61.9 Å². The third-order valence-corrected chi connectivity index (χ3v) is 6.39. The molecule has 3 rings (SSSR count). The van der Waals surface area contributed by atoms with Crippen LogP contribution in [0, 0.1) is 5.41 Å². The maximum Gasteiger partial charge on any atom is 0.407 e. The lowest BCUT2D eigenvalue weighted by atomic mass is 9.90. The second-order valence-electron chi connectivity index (χ2n) is 9.45. The number of benzene rings is 2. The van der Waals surface area contributed by atoms with Crippen molar-refractivity contribution in [2.45, 2.75) is 58.4 Å². The molecule has 0 saturated heterocycles. The van der Waals surface area contributed by atoms with Crippen molar-refractivity contribution in [3.8, 4) is 11.1 Å². The Bertz CT molecular complexity index is 988. The van der Waals surface area contributed by atoms with Gasteiger partial charge in [-0.3, -0.25) is 9.59 Å². The molecule has 1 aliphatic carbocycles. The fourth-order valence-corrected chi connectivity index (χ4v) is 4.30. The van der Waals surface area contributed by atoms with Crippen LogP contribution in [0.2, 0.25) is 0 Å². The summed E-state index contributed by atoms with van der Waals surface area (Å²) in [4.78, 5) is 36.1. The molecular formula is C27H34N2O5. The average molecular weight is 467 g/mol. The van der Waals surface area contributed by atoms with Crippen LogP contribution >= 0.6 is 0 Å². The molecule has 3 N–H and O–H groups in total. The summed E-state index contributed by atoms with van der Waals surface area (Å²) in [5, 5.41) is 14.8. The molecule has 0 aliphatic heterocycles. The molecule has 0 unspecified atom stereocenters. The Kier molecular flexibility index (Phi) is 8.31. The number of alkyl carbamates (subject to hydrolysis) is 1. The first-order valence-electron chi connectivity index (χ1n) is 11.8. The first kappa shape index (κ1) is 25.3. The molecular weight excluding hydrogens is 432 g/mol. The van der Waals surface area contributed by atoms with Gasteiger partial charge in [0.15, 0.2) is 0 Å². The summed E-state index contributed by atoms with van der Waals surface area (Å²) in [6, 6.07) is 15.9. The van der Waals surface area contributed by atoms with Crippen LogP contribution in [0.25, 0.3) is 11.1 Å². The van der Waals surface area contributed by atoms with Crippen molar-refractivity contribution in [2.24, 2.45) is 5.41 Å². The maximum atomic E-state index is 12.6. The van der Waals surface area contributed by atoms with Gasteiger partial charge in [-0.25, -0.2) is 4.79 Å². The second kappa shape index (κ2) is 11.2. The molecule has 1 aliphatic rings. The summed E-state index contributed by atoms with van der Waals surface area (Å²) >= 11 is 0. The van der Waals surface area contributed by atoms with Gasteiger partial charge in [-0.15, -0.1) is 0 Å². The van der Waals surface area contributed by atoms with E-state index in [1.54, 1.807) is 13.8 Å². The third kappa shape index (κ3) is 6.16. The van der Waals surface area contributed by atoms with Crippen LogP contribution in [0.5, 0.6) is 0 Å². The zero-order valence-electron chi connectivity index (χ0n) is 20.1. The molecule has 2 aromatic rings. The molecule has 0 spiro atoms. The molecule has 0 aromatic heterocycles. The minimum absolute atomic E-state index is 0.0244. The lowest BCUT2D eigenvalue weighted by molar-refractivity contribution is -0.147. The predicted molar refractivity (Wildman–Crippen MR) is 131 cm³/mol. The molecule has 7 heteroatoms. The van der Waals surface area contributed by atoms with Crippen LogP contribution < -0.4 is 10.6 Å². The van der Waals surface area contributed by atoms with E-state index >= 15 is 0 Å². The van der Waals surface area contributed by atoms with Gasteiger partial charge in [0, 0.05) is 24.9 Å². The van der Waals surface area contributed by atoms with Crippen LogP contribution in [0.4, 0.5) is 4.79 Å². The molecule has 7 nitrogen and oxygen atoms in total. The fraction of sp³-hybridized carbons (Fsp3) is 0.444. The predicted octanol–water partition coefficient (Wildman–Crippen LogP) is 4.70. The zero-order chi connectivity index (χ0) is 24.7. The number of nitrogens with one attached hydrogen (secondary N) is 2. The number of carboxylic acids is 1. The van der Waals surface area contributed by atoms with E-state index in [0.29, 0.717) is 12.8 Å². The SMILES string of the molecule is CCC[C@@H](CC(=O)NCCC(C)(C)C(=O)O)NC(=O)OCC1c2ccccc2-c2ccccc21. The maximum absolute atomic E-state index is 12.6. The molecule has 0 bridgehead atoms. The Morgan fingerprint density at radius 3 is 2.18 bits per heavy atom. The number of carboxylic acid groups (broad SMARTS) is 1. The van der Waals surface area contributed by atoms with Gasteiger partial charge < -0.3 is 20.5 Å². The van der Waals surface area contributed by atoms with Crippen molar-refractivity contribution in [1.82, 2.24) is 10.6 Å². The molecule has 182 valence electrons. The van der Waals surface area contributed by atoms with E-state index in [2.05, 4.69) is 34.9 Å². The van der Waals surface area contributed by atoms with E-state index in [0.717, 1.165) is 17.5 Å². The largest absolute Gasteiger partial charge is 0.481 e. The third-order valence-electron chi connectivity index (χ3n) is 6.39. The van der Waals surface area contributed by atoms with Crippen molar-refractivity contribution < 1.29 is 24.2 Å². The van der Waals surface area contributed by atoms with Crippen molar-refractivity contribution in [2.75, 3.05) is 13.2 Å². The second-order valence-corrected chi connectivity index (χ2v) is 9.45. The van der Waals surface area contributed by atoms with Gasteiger partial charge in [-0.05, 0) is 48.9 Å². The monoisotopic (exact) mass is 466 g/mol. The summed E-state index contributed by atoms with van der Waals surface area (Å²) in [5.41, 5.74) is 3.71. The first-order chi connectivity index (χ1) is 16.2. The lowest BCUT2D eigenvalue weighted by Crippen LogP contribution is -2.40. The van der Waals surface area contributed by atoms with Gasteiger partial charge >= 0.3 is 12.1 Å². The number of carbonyl (C=O) groups is 3. The standard InChI is InChI=1S/C27H34N2O5/c1-4-9-18(16-24(30)28-15-14-27(2,3)25(31)32)29-26(33)34-17-23-21-12-7-5-10-19(21)20-11-6-8-13-22(20)23/h5-8,10-13,18,23H,4,9,14-17H2,1-3H3,(H,28,30)(H,29,33)(H,31,32)/t18-/m0/s1.